The number of rotatable bonds is 8. The Bertz CT molecular complexity index is 755. The first-order valence-electron chi connectivity index (χ1n) is 9.08. The van der Waals surface area contributed by atoms with E-state index < -0.39 is 11.2 Å². The van der Waals surface area contributed by atoms with Gasteiger partial charge in [0.25, 0.3) is 0 Å². The second-order valence-electron chi connectivity index (χ2n) is 7.98. The predicted molar refractivity (Wildman–Crippen MR) is 103 cm³/mol. The smallest absolute Gasteiger partial charge is 0.193 e. The van der Waals surface area contributed by atoms with Crippen molar-refractivity contribution in [2.45, 2.75) is 58.3 Å². The molecule has 0 aliphatic heterocycles. The van der Waals surface area contributed by atoms with E-state index in [0.29, 0.717) is 30.8 Å². The van der Waals surface area contributed by atoms with E-state index in [-0.39, 0.29) is 11.6 Å². The van der Waals surface area contributed by atoms with E-state index in [9.17, 15) is 19.8 Å². The topological polar surface area (TPSA) is 83.8 Å². The van der Waals surface area contributed by atoms with Gasteiger partial charge in [0.2, 0.25) is 0 Å². The number of hydrogen-bond acceptors (Lipinski definition) is 5. The SMILES string of the molecule is CC(C)(O)C(=O)C1=CC=C(COCc2ccc(C(=O)C(C)(C)O)cc2)CC1. The summed E-state index contributed by atoms with van der Waals surface area (Å²) in [4.78, 5) is 24.0. The van der Waals surface area contributed by atoms with Crippen LogP contribution in [-0.2, 0) is 16.1 Å². The summed E-state index contributed by atoms with van der Waals surface area (Å²) < 4.78 is 5.72. The lowest BCUT2D eigenvalue weighted by Crippen LogP contribution is -2.32. The molecule has 0 atom stereocenters. The second kappa shape index (κ2) is 8.30. The van der Waals surface area contributed by atoms with Crippen LogP contribution in [0.3, 0.4) is 0 Å². The van der Waals surface area contributed by atoms with Gasteiger partial charge in [0.05, 0.1) is 13.2 Å². The number of allylic oxidation sites excluding steroid dienone is 2. The van der Waals surface area contributed by atoms with Gasteiger partial charge in [-0.25, -0.2) is 0 Å². The van der Waals surface area contributed by atoms with Crippen molar-refractivity contribution < 1.29 is 24.5 Å². The molecule has 0 fully saturated rings. The fraction of sp³-hybridized carbons (Fsp3) is 0.455. The number of hydrogen-bond donors (Lipinski definition) is 2. The first kappa shape index (κ1) is 21.2. The zero-order valence-electron chi connectivity index (χ0n) is 16.4. The molecule has 27 heavy (non-hydrogen) atoms. The molecule has 2 rings (SSSR count). The van der Waals surface area contributed by atoms with Crippen molar-refractivity contribution in [2.24, 2.45) is 0 Å². The molecule has 0 aromatic heterocycles. The van der Waals surface area contributed by atoms with E-state index in [1.165, 1.54) is 27.7 Å². The number of benzene rings is 1. The Morgan fingerprint density at radius 3 is 1.96 bits per heavy atom. The normalized spacial score (nSPS) is 15.2. The zero-order valence-corrected chi connectivity index (χ0v) is 16.4. The molecule has 1 aliphatic carbocycles. The van der Waals surface area contributed by atoms with Crippen LogP contribution in [-0.4, -0.2) is 39.6 Å². The van der Waals surface area contributed by atoms with Gasteiger partial charge in [-0.3, -0.25) is 9.59 Å². The molecule has 0 saturated carbocycles. The molecule has 0 unspecified atom stereocenters. The maximum Gasteiger partial charge on any atom is 0.193 e. The molecule has 1 aliphatic rings. The summed E-state index contributed by atoms with van der Waals surface area (Å²) in [5, 5.41) is 19.6. The Labute approximate surface area is 160 Å². The molecule has 2 N–H and O–H groups in total. The summed E-state index contributed by atoms with van der Waals surface area (Å²) in [6, 6.07) is 7.01. The average Bonchev–Trinajstić information content (AvgIpc) is 2.60. The third-order valence-electron chi connectivity index (χ3n) is 4.41. The van der Waals surface area contributed by atoms with E-state index >= 15 is 0 Å². The number of aliphatic hydroxyl groups is 2. The molecular formula is C22H28O5. The molecule has 0 heterocycles. The summed E-state index contributed by atoms with van der Waals surface area (Å²) >= 11 is 0. The van der Waals surface area contributed by atoms with Crippen LogP contribution in [0.5, 0.6) is 0 Å². The van der Waals surface area contributed by atoms with Crippen LogP contribution in [0.1, 0.15) is 56.5 Å². The Balaban J connectivity index is 1.87. The lowest BCUT2D eigenvalue weighted by Gasteiger charge is -2.20. The van der Waals surface area contributed by atoms with Crippen LogP contribution in [0.25, 0.3) is 0 Å². The molecule has 0 bridgehead atoms. The summed E-state index contributed by atoms with van der Waals surface area (Å²) in [6.07, 6.45) is 4.98. The number of ether oxygens (including phenoxy) is 1. The average molecular weight is 372 g/mol. The molecule has 0 spiro atoms. The van der Waals surface area contributed by atoms with E-state index in [1.807, 2.05) is 18.2 Å². The van der Waals surface area contributed by atoms with Gasteiger partial charge < -0.3 is 14.9 Å². The van der Waals surface area contributed by atoms with Crippen LogP contribution in [0, 0.1) is 0 Å². The lowest BCUT2D eigenvalue weighted by molar-refractivity contribution is -0.130. The highest BCUT2D eigenvalue weighted by molar-refractivity contribution is 6.02. The molecule has 5 nitrogen and oxygen atoms in total. The molecule has 0 amide bonds. The highest BCUT2D eigenvalue weighted by Gasteiger charge is 2.27. The van der Waals surface area contributed by atoms with Gasteiger partial charge in [0.1, 0.15) is 11.2 Å². The Morgan fingerprint density at radius 1 is 0.889 bits per heavy atom. The van der Waals surface area contributed by atoms with Crippen LogP contribution < -0.4 is 0 Å². The fourth-order valence-corrected chi connectivity index (χ4v) is 2.79. The summed E-state index contributed by atoms with van der Waals surface area (Å²) in [7, 11) is 0. The summed E-state index contributed by atoms with van der Waals surface area (Å²) in [6.45, 7) is 6.81. The monoisotopic (exact) mass is 372 g/mol. The van der Waals surface area contributed by atoms with Crippen LogP contribution in [0.15, 0.2) is 47.6 Å². The van der Waals surface area contributed by atoms with Crippen molar-refractivity contribution in [1.29, 1.82) is 0 Å². The zero-order chi connectivity index (χ0) is 20.2. The minimum atomic E-state index is -1.38. The summed E-state index contributed by atoms with van der Waals surface area (Å²) in [5.74, 6) is -0.551. The van der Waals surface area contributed by atoms with Gasteiger partial charge in [0, 0.05) is 5.56 Å². The molecule has 0 radical (unpaired) electrons. The standard InChI is InChI=1S/C22H28O5/c1-21(2,25)19(23)17-9-5-15(6-10-17)13-27-14-16-7-11-18(12-8-16)20(24)22(3,4)26/h5-7,9-11,25-26H,8,12-14H2,1-4H3. The van der Waals surface area contributed by atoms with Crippen LogP contribution in [0.4, 0.5) is 0 Å². The van der Waals surface area contributed by atoms with E-state index in [1.54, 1.807) is 18.2 Å². The Hall–Kier alpha value is -2.08. The van der Waals surface area contributed by atoms with Gasteiger partial charge in [0.15, 0.2) is 11.6 Å². The van der Waals surface area contributed by atoms with Crippen LogP contribution >= 0.6 is 0 Å². The molecule has 0 saturated heterocycles. The minimum Gasteiger partial charge on any atom is -0.382 e. The predicted octanol–water partition coefficient (Wildman–Crippen LogP) is 3.14. The molecule has 1 aromatic carbocycles. The fourth-order valence-electron chi connectivity index (χ4n) is 2.79. The number of Topliss-reactive ketones (excluding diaryl/α,β-unsaturated/α-hetero) is 2. The third kappa shape index (κ3) is 5.96. The first-order valence-corrected chi connectivity index (χ1v) is 9.08. The molecule has 1 aromatic rings. The maximum atomic E-state index is 12.0. The number of carbonyl (C=O) groups is 2. The number of carbonyl (C=O) groups excluding carboxylic acids is 2. The van der Waals surface area contributed by atoms with Gasteiger partial charge in [-0.05, 0) is 57.2 Å². The van der Waals surface area contributed by atoms with Gasteiger partial charge in [-0.2, -0.15) is 0 Å². The largest absolute Gasteiger partial charge is 0.382 e. The minimum absolute atomic E-state index is 0.237. The summed E-state index contributed by atoms with van der Waals surface area (Å²) in [5.41, 5.74) is 0.411. The van der Waals surface area contributed by atoms with Crippen molar-refractivity contribution >= 4 is 11.6 Å². The second-order valence-corrected chi connectivity index (χ2v) is 7.98. The Kier molecular flexibility index (Phi) is 6.52. The van der Waals surface area contributed by atoms with Gasteiger partial charge in [-0.1, -0.05) is 36.4 Å². The maximum absolute atomic E-state index is 12.0. The Morgan fingerprint density at radius 2 is 1.48 bits per heavy atom. The van der Waals surface area contributed by atoms with Crippen LogP contribution in [0.2, 0.25) is 0 Å². The molecule has 146 valence electrons. The van der Waals surface area contributed by atoms with E-state index in [2.05, 4.69) is 0 Å². The van der Waals surface area contributed by atoms with Crippen molar-refractivity contribution in [3.8, 4) is 0 Å². The first-order chi connectivity index (χ1) is 12.5. The van der Waals surface area contributed by atoms with Gasteiger partial charge in [-0.15, -0.1) is 0 Å². The highest BCUT2D eigenvalue weighted by Crippen LogP contribution is 2.23. The van der Waals surface area contributed by atoms with E-state index in [0.717, 1.165) is 17.6 Å². The van der Waals surface area contributed by atoms with E-state index in [4.69, 9.17) is 4.74 Å². The number of ketones is 2. The van der Waals surface area contributed by atoms with Crippen molar-refractivity contribution in [3.05, 3.63) is 58.7 Å². The quantitative estimate of drug-likeness (QED) is 0.685. The highest BCUT2D eigenvalue weighted by atomic mass is 16.5. The lowest BCUT2D eigenvalue weighted by atomic mass is 9.89. The third-order valence-corrected chi connectivity index (χ3v) is 4.41. The van der Waals surface area contributed by atoms with Gasteiger partial charge >= 0.3 is 0 Å². The molecular weight excluding hydrogens is 344 g/mol. The van der Waals surface area contributed by atoms with Crippen molar-refractivity contribution in [3.63, 3.8) is 0 Å². The molecule has 5 heteroatoms. The van der Waals surface area contributed by atoms with Crippen molar-refractivity contribution in [2.75, 3.05) is 6.61 Å². The van der Waals surface area contributed by atoms with Crippen molar-refractivity contribution in [1.82, 2.24) is 0 Å².